The molecule has 22 heavy (non-hydrogen) atoms. The monoisotopic (exact) mass is 308 g/mol. The maximum absolute atomic E-state index is 11.8. The Morgan fingerprint density at radius 1 is 1.45 bits per heavy atom. The van der Waals surface area contributed by atoms with Crippen LogP contribution in [0.15, 0.2) is 27.4 Å². The van der Waals surface area contributed by atoms with Gasteiger partial charge in [0.25, 0.3) is 5.69 Å². The van der Waals surface area contributed by atoms with Gasteiger partial charge in [0.1, 0.15) is 0 Å². The second-order valence-corrected chi connectivity index (χ2v) is 4.96. The number of amides is 1. The van der Waals surface area contributed by atoms with Crippen molar-refractivity contribution in [3.05, 3.63) is 38.9 Å². The number of hydrogen-bond donors (Lipinski definition) is 1. The summed E-state index contributed by atoms with van der Waals surface area (Å²) in [4.78, 5) is 33.5. The Morgan fingerprint density at radius 3 is 2.82 bits per heavy atom. The van der Waals surface area contributed by atoms with Crippen LogP contribution in [0.25, 0.3) is 11.1 Å². The molecule has 0 unspecified atom stereocenters. The maximum atomic E-state index is 11.8. The van der Waals surface area contributed by atoms with E-state index >= 15 is 0 Å². The van der Waals surface area contributed by atoms with Gasteiger partial charge in [0.15, 0.2) is 5.58 Å². The zero-order valence-electron chi connectivity index (χ0n) is 12.2. The Balaban J connectivity index is 2.11. The smallest absolute Gasteiger partial charge is 0.407 e. The van der Waals surface area contributed by atoms with E-state index in [1.807, 2.05) is 0 Å². The molecule has 1 heterocycles. The Labute approximate surface area is 125 Å². The first kappa shape index (κ1) is 15.7. The van der Waals surface area contributed by atoms with Crippen molar-refractivity contribution in [2.75, 3.05) is 14.1 Å². The normalized spacial score (nSPS) is 11.0. The first-order valence-electron chi connectivity index (χ1n) is 6.63. The molecule has 9 heteroatoms. The average molecular weight is 308 g/mol. The van der Waals surface area contributed by atoms with Gasteiger partial charge >= 0.3 is 5.76 Å². The van der Waals surface area contributed by atoms with E-state index in [0.717, 1.165) is 0 Å². The van der Waals surface area contributed by atoms with Crippen LogP contribution in [-0.2, 0) is 11.3 Å². The summed E-state index contributed by atoms with van der Waals surface area (Å²) in [7, 11) is 3.41. The predicted molar refractivity (Wildman–Crippen MR) is 78.2 cm³/mol. The molecule has 1 aromatic heterocycles. The topological polar surface area (TPSA) is 111 Å². The Hall–Kier alpha value is -2.68. The third-order valence-electron chi connectivity index (χ3n) is 3.00. The van der Waals surface area contributed by atoms with Gasteiger partial charge in [-0.15, -0.1) is 0 Å². The number of hydrogen-bond acceptors (Lipinski definition) is 6. The van der Waals surface area contributed by atoms with Crippen molar-refractivity contribution < 1.29 is 14.1 Å². The number of non-ortho nitro benzene ring substituents is 1. The van der Waals surface area contributed by atoms with Crippen molar-refractivity contribution in [3.8, 4) is 0 Å². The van der Waals surface area contributed by atoms with Gasteiger partial charge in [-0.2, -0.15) is 0 Å². The molecule has 0 aliphatic heterocycles. The standard InChI is InChI=1S/C13H16N4O5/c1-15(2)14-12(18)4-3-7-16-10-6-5-9(17(20)21)8-11(10)22-13(16)19/h5-6,8H,3-4,7H2,1-2H3,(H,14,18). The summed E-state index contributed by atoms with van der Waals surface area (Å²) < 4.78 is 6.37. The van der Waals surface area contributed by atoms with Crippen LogP contribution in [0.2, 0.25) is 0 Å². The second kappa shape index (κ2) is 6.39. The number of aryl methyl sites for hydroxylation is 1. The summed E-state index contributed by atoms with van der Waals surface area (Å²) in [6, 6.07) is 4.00. The quantitative estimate of drug-likeness (QED) is 0.626. The fourth-order valence-corrected chi connectivity index (χ4v) is 2.08. The Kier molecular flexibility index (Phi) is 4.56. The number of fused-ring (bicyclic) bond motifs is 1. The van der Waals surface area contributed by atoms with Crippen molar-refractivity contribution >= 4 is 22.7 Å². The number of nitro groups is 1. The molecule has 0 spiro atoms. The minimum Gasteiger partial charge on any atom is -0.407 e. The van der Waals surface area contributed by atoms with E-state index < -0.39 is 10.7 Å². The number of rotatable bonds is 6. The summed E-state index contributed by atoms with van der Waals surface area (Å²) in [6.07, 6.45) is 0.704. The number of nitrogens with zero attached hydrogens (tertiary/aromatic N) is 3. The molecule has 0 saturated heterocycles. The molecule has 118 valence electrons. The van der Waals surface area contributed by atoms with E-state index in [1.165, 1.54) is 22.8 Å². The fraction of sp³-hybridized carbons (Fsp3) is 0.385. The highest BCUT2D eigenvalue weighted by molar-refractivity contribution is 5.76. The van der Waals surface area contributed by atoms with Gasteiger partial charge in [-0.25, -0.2) is 9.80 Å². The van der Waals surface area contributed by atoms with E-state index in [2.05, 4.69) is 5.43 Å². The predicted octanol–water partition coefficient (Wildman–Crippen LogP) is 0.876. The van der Waals surface area contributed by atoms with Gasteiger partial charge in [0.2, 0.25) is 5.91 Å². The van der Waals surface area contributed by atoms with Crippen molar-refractivity contribution in [3.63, 3.8) is 0 Å². The fourth-order valence-electron chi connectivity index (χ4n) is 2.08. The molecule has 1 amide bonds. The molecule has 0 radical (unpaired) electrons. The van der Waals surface area contributed by atoms with E-state index in [-0.39, 0.29) is 23.6 Å². The molecular formula is C13H16N4O5. The number of oxazole rings is 1. The van der Waals surface area contributed by atoms with E-state index in [0.29, 0.717) is 18.5 Å². The number of nitro benzene ring substituents is 1. The zero-order chi connectivity index (χ0) is 16.3. The highest BCUT2D eigenvalue weighted by atomic mass is 16.6. The second-order valence-electron chi connectivity index (χ2n) is 4.96. The maximum Gasteiger partial charge on any atom is 0.419 e. The van der Waals surface area contributed by atoms with Crippen molar-refractivity contribution in [2.45, 2.75) is 19.4 Å². The number of nitrogens with one attached hydrogen (secondary N) is 1. The van der Waals surface area contributed by atoms with Crippen LogP contribution in [-0.4, -0.2) is 34.5 Å². The van der Waals surface area contributed by atoms with Gasteiger partial charge in [-0.3, -0.25) is 24.9 Å². The van der Waals surface area contributed by atoms with Crippen molar-refractivity contribution in [2.24, 2.45) is 0 Å². The number of aromatic nitrogens is 1. The molecule has 1 aromatic carbocycles. The lowest BCUT2D eigenvalue weighted by molar-refractivity contribution is -0.384. The summed E-state index contributed by atoms with van der Waals surface area (Å²) in [5.74, 6) is -0.745. The molecule has 0 atom stereocenters. The average Bonchev–Trinajstić information content (AvgIpc) is 2.73. The summed E-state index contributed by atoms with van der Waals surface area (Å²) in [5.41, 5.74) is 3.10. The molecule has 0 fully saturated rings. The molecule has 9 nitrogen and oxygen atoms in total. The molecule has 0 aliphatic carbocycles. The van der Waals surface area contributed by atoms with Crippen LogP contribution >= 0.6 is 0 Å². The zero-order valence-corrected chi connectivity index (χ0v) is 12.2. The Bertz CT molecular complexity index is 761. The number of carbonyl (C=O) groups excluding carboxylic acids is 1. The molecule has 2 aromatic rings. The van der Waals surface area contributed by atoms with Gasteiger partial charge in [-0.05, 0) is 12.5 Å². The van der Waals surface area contributed by atoms with Gasteiger partial charge < -0.3 is 4.42 Å². The first-order chi connectivity index (χ1) is 10.4. The van der Waals surface area contributed by atoms with Gasteiger partial charge in [-0.1, -0.05) is 0 Å². The number of carbonyl (C=O) groups is 1. The van der Waals surface area contributed by atoms with Gasteiger partial charge in [0.05, 0.1) is 16.5 Å². The number of benzene rings is 1. The van der Waals surface area contributed by atoms with Crippen molar-refractivity contribution in [1.29, 1.82) is 0 Å². The van der Waals surface area contributed by atoms with Crippen LogP contribution in [0.1, 0.15) is 12.8 Å². The minimum atomic E-state index is -0.594. The largest absolute Gasteiger partial charge is 0.419 e. The molecule has 0 bridgehead atoms. The van der Waals surface area contributed by atoms with Crippen LogP contribution in [0, 0.1) is 10.1 Å². The molecule has 0 aliphatic rings. The summed E-state index contributed by atoms with van der Waals surface area (Å²) >= 11 is 0. The number of hydrazine groups is 1. The third-order valence-corrected chi connectivity index (χ3v) is 3.00. The van der Waals surface area contributed by atoms with Crippen molar-refractivity contribution in [1.82, 2.24) is 15.0 Å². The molecular weight excluding hydrogens is 292 g/mol. The molecule has 1 N–H and O–H groups in total. The first-order valence-corrected chi connectivity index (χ1v) is 6.63. The lowest BCUT2D eigenvalue weighted by Crippen LogP contribution is -2.36. The lowest BCUT2D eigenvalue weighted by Gasteiger charge is -2.11. The molecule has 2 rings (SSSR count). The minimum absolute atomic E-state index is 0.140. The summed E-state index contributed by atoms with van der Waals surface area (Å²) in [5, 5.41) is 12.2. The van der Waals surface area contributed by atoms with E-state index in [9.17, 15) is 19.7 Å². The SMILES string of the molecule is CN(C)NC(=O)CCCn1c(=O)oc2cc([N+](=O)[O-])ccc21. The lowest BCUT2D eigenvalue weighted by atomic mass is 10.2. The van der Waals surface area contributed by atoms with E-state index in [1.54, 1.807) is 19.1 Å². The summed E-state index contributed by atoms with van der Waals surface area (Å²) in [6.45, 7) is 0.296. The molecule has 0 saturated carbocycles. The van der Waals surface area contributed by atoms with Crippen LogP contribution < -0.4 is 11.2 Å². The highest BCUT2D eigenvalue weighted by Gasteiger charge is 2.14. The van der Waals surface area contributed by atoms with Gasteiger partial charge in [0, 0.05) is 33.1 Å². The van der Waals surface area contributed by atoms with Crippen LogP contribution in [0.4, 0.5) is 5.69 Å². The van der Waals surface area contributed by atoms with Crippen LogP contribution in [0.5, 0.6) is 0 Å². The highest BCUT2D eigenvalue weighted by Crippen LogP contribution is 2.20. The van der Waals surface area contributed by atoms with Crippen LogP contribution in [0.3, 0.4) is 0 Å². The van der Waals surface area contributed by atoms with E-state index in [4.69, 9.17) is 4.42 Å². The Morgan fingerprint density at radius 2 is 2.18 bits per heavy atom. The third kappa shape index (κ3) is 3.50.